The van der Waals surface area contributed by atoms with Crippen molar-refractivity contribution in [3.8, 4) is 6.07 Å². The van der Waals surface area contributed by atoms with Crippen LogP contribution in [0.4, 0.5) is 14.5 Å². The number of benzene rings is 1. The van der Waals surface area contributed by atoms with E-state index < -0.39 is 17.2 Å². The van der Waals surface area contributed by atoms with E-state index in [1.807, 2.05) is 6.07 Å². The Balaban J connectivity index is 2.16. The Labute approximate surface area is 163 Å². The van der Waals surface area contributed by atoms with Gasteiger partial charge in [0, 0.05) is 12.1 Å². The van der Waals surface area contributed by atoms with E-state index in [1.54, 1.807) is 19.9 Å². The maximum atomic E-state index is 12.7. The van der Waals surface area contributed by atoms with Crippen LogP contribution >= 0.6 is 23.4 Å². The molecule has 5 nitrogen and oxygen atoms in total. The van der Waals surface area contributed by atoms with Crippen molar-refractivity contribution < 1.29 is 13.6 Å². The van der Waals surface area contributed by atoms with Crippen molar-refractivity contribution in [2.45, 2.75) is 37.3 Å². The zero-order valence-corrected chi connectivity index (χ0v) is 16.1. The molecular weight excluding hydrogens is 396 g/mol. The van der Waals surface area contributed by atoms with Gasteiger partial charge in [-0.2, -0.15) is 14.0 Å². The molecule has 27 heavy (non-hydrogen) atoms. The van der Waals surface area contributed by atoms with Gasteiger partial charge in [-0.05, 0) is 43.5 Å². The van der Waals surface area contributed by atoms with Crippen molar-refractivity contribution in [3.63, 3.8) is 0 Å². The number of nitriles is 1. The van der Waals surface area contributed by atoms with Crippen LogP contribution in [0, 0.1) is 25.2 Å². The molecule has 0 spiro atoms. The van der Waals surface area contributed by atoms with Crippen molar-refractivity contribution in [1.82, 2.24) is 4.98 Å². The van der Waals surface area contributed by atoms with Gasteiger partial charge in [-0.25, -0.2) is 0 Å². The summed E-state index contributed by atoms with van der Waals surface area (Å²) in [5, 5.41) is 11.8. The van der Waals surface area contributed by atoms with E-state index in [0.29, 0.717) is 16.8 Å². The fourth-order valence-electron chi connectivity index (χ4n) is 2.69. The molecule has 1 aromatic heterocycles. The van der Waals surface area contributed by atoms with Crippen LogP contribution in [-0.4, -0.2) is 16.6 Å². The number of H-pyrrole nitrogens is 1. The average Bonchev–Trinajstić information content (AvgIpc) is 2.57. The molecule has 0 aliphatic rings. The van der Waals surface area contributed by atoms with Gasteiger partial charge in [0.05, 0.1) is 15.6 Å². The molecule has 0 saturated heterocycles. The largest absolute Gasteiger partial charge is 0.325 e. The van der Waals surface area contributed by atoms with Crippen LogP contribution in [0.5, 0.6) is 0 Å². The van der Waals surface area contributed by atoms with Crippen LogP contribution in [-0.2, 0) is 11.2 Å². The van der Waals surface area contributed by atoms with Crippen molar-refractivity contribution in [2.75, 3.05) is 5.32 Å². The minimum absolute atomic E-state index is 0.0152. The molecule has 0 fully saturated rings. The van der Waals surface area contributed by atoms with Crippen LogP contribution in [0.15, 0.2) is 27.9 Å². The van der Waals surface area contributed by atoms with Crippen LogP contribution in [0.3, 0.4) is 0 Å². The second kappa shape index (κ2) is 9.02. The topological polar surface area (TPSA) is 85.8 Å². The molecule has 1 heterocycles. The predicted molar refractivity (Wildman–Crippen MR) is 102 cm³/mol. The summed E-state index contributed by atoms with van der Waals surface area (Å²) in [6.07, 6.45) is 0.330. The lowest BCUT2D eigenvalue weighted by Crippen LogP contribution is -2.18. The molecule has 0 unspecified atom stereocenters. The van der Waals surface area contributed by atoms with E-state index in [0.717, 1.165) is 0 Å². The highest BCUT2D eigenvalue weighted by Crippen LogP contribution is 2.37. The van der Waals surface area contributed by atoms with Gasteiger partial charge < -0.3 is 10.3 Å². The SMILES string of the molecule is Cc1[nH]c(=O)c(C#N)c(C)c1CCC(=O)Nc1cccc(Cl)c1SC(F)F. The van der Waals surface area contributed by atoms with Gasteiger partial charge in [0.25, 0.3) is 11.3 Å². The first kappa shape index (κ1) is 20.9. The quantitative estimate of drug-likeness (QED) is 0.690. The number of amides is 1. The second-order valence-corrected chi connectivity index (χ2v) is 7.12. The second-order valence-electron chi connectivity index (χ2n) is 5.71. The van der Waals surface area contributed by atoms with Gasteiger partial charge in [-0.1, -0.05) is 29.4 Å². The number of carbonyl (C=O) groups excluding carboxylic acids is 1. The number of thioether (sulfide) groups is 1. The molecule has 142 valence electrons. The number of hydrogen-bond donors (Lipinski definition) is 2. The maximum Gasteiger partial charge on any atom is 0.289 e. The summed E-state index contributed by atoms with van der Waals surface area (Å²) in [6.45, 7) is 3.35. The van der Waals surface area contributed by atoms with Crippen molar-refractivity contribution >= 4 is 35.0 Å². The number of aromatic nitrogens is 1. The zero-order chi connectivity index (χ0) is 20.1. The molecule has 1 amide bonds. The number of nitrogens with one attached hydrogen (secondary N) is 2. The average molecular weight is 412 g/mol. The Bertz CT molecular complexity index is 970. The normalized spacial score (nSPS) is 10.7. The molecule has 0 aliphatic carbocycles. The number of rotatable bonds is 6. The molecule has 2 N–H and O–H groups in total. The summed E-state index contributed by atoms with van der Waals surface area (Å²) in [5.41, 5.74) is 1.58. The number of aryl methyl sites for hydroxylation is 1. The summed E-state index contributed by atoms with van der Waals surface area (Å²) >= 11 is 6.21. The van der Waals surface area contributed by atoms with E-state index in [2.05, 4.69) is 10.3 Å². The van der Waals surface area contributed by atoms with Gasteiger partial charge in [-0.15, -0.1) is 0 Å². The molecule has 0 saturated carbocycles. The first-order valence-electron chi connectivity index (χ1n) is 7.90. The number of halogens is 3. The molecule has 0 atom stereocenters. The molecule has 2 rings (SSSR count). The summed E-state index contributed by atoms with van der Waals surface area (Å²) < 4.78 is 25.4. The molecule has 9 heteroatoms. The third-order valence-electron chi connectivity index (χ3n) is 3.97. The van der Waals surface area contributed by atoms with Gasteiger partial charge in [0.1, 0.15) is 11.6 Å². The fraction of sp³-hybridized carbons (Fsp3) is 0.278. The van der Waals surface area contributed by atoms with Crippen molar-refractivity contribution in [2.24, 2.45) is 0 Å². The summed E-state index contributed by atoms with van der Waals surface area (Å²) in [7, 11) is 0. The van der Waals surface area contributed by atoms with E-state index in [1.165, 1.54) is 12.1 Å². The highest BCUT2D eigenvalue weighted by atomic mass is 35.5. The predicted octanol–water partition coefficient (Wildman–Crippen LogP) is 4.40. The Morgan fingerprint density at radius 3 is 2.74 bits per heavy atom. The third kappa shape index (κ3) is 5.08. The number of nitrogens with zero attached hydrogens (tertiary/aromatic N) is 1. The summed E-state index contributed by atoms with van der Waals surface area (Å²) in [6, 6.07) is 6.39. The Morgan fingerprint density at radius 2 is 2.11 bits per heavy atom. The summed E-state index contributed by atoms with van der Waals surface area (Å²) in [5.74, 6) is -3.06. The summed E-state index contributed by atoms with van der Waals surface area (Å²) in [4.78, 5) is 26.7. The standard InChI is InChI=1S/C18H16ClF2N3O2S/c1-9-11(10(2)23-17(26)12(9)8-22)6-7-15(25)24-14-5-3-4-13(19)16(14)27-18(20)21/h3-5,18H,6-7H2,1-2H3,(H,23,26)(H,24,25). The number of carbonyl (C=O) groups is 1. The molecule has 2 aromatic rings. The first-order chi connectivity index (χ1) is 12.7. The third-order valence-corrected chi connectivity index (χ3v) is 5.25. The number of hydrogen-bond acceptors (Lipinski definition) is 4. The monoisotopic (exact) mass is 411 g/mol. The molecule has 0 bridgehead atoms. The highest BCUT2D eigenvalue weighted by Gasteiger charge is 2.17. The Hall–Kier alpha value is -2.37. The smallest absolute Gasteiger partial charge is 0.289 e. The van der Waals surface area contributed by atoms with Crippen LogP contribution < -0.4 is 10.9 Å². The van der Waals surface area contributed by atoms with E-state index >= 15 is 0 Å². The van der Waals surface area contributed by atoms with Crippen LogP contribution in [0.1, 0.15) is 28.8 Å². The number of pyridine rings is 1. The molecular formula is C18H16ClF2N3O2S. The minimum atomic E-state index is -2.67. The first-order valence-corrected chi connectivity index (χ1v) is 9.16. The van der Waals surface area contributed by atoms with Gasteiger partial charge >= 0.3 is 0 Å². The van der Waals surface area contributed by atoms with E-state index in [4.69, 9.17) is 16.9 Å². The number of anilines is 1. The Morgan fingerprint density at radius 1 is 1.41 bits per heavy atom. The number of alkyl halides is 2. The van der Waals surface area contributed by atoms with E-state index in [-0.39, 0.29) is 45.8 Å². The lowest BCUT2D eigenvalue weighted by Gasteiger charge is -2.13. The van der Waals surface area contributed by atoms with Crippen LogP contribution in [0.2, 0.25) is 5.02 Å². The molecule has 0 radical (unpaired) electrons. The Kier molecular flexibility index (Phi) is 6.99. The molecule has 0 aliphatic heterocycles. The van der Waals surface area contributed by atoms with Gasteiger partial charge in [0.15, 0.2) is 0 Å². The lowest BCUT2D eigenvalue weighted by molar-refractivity contribution is -0.116. The van der Waals surface area contributed by atoms with Crippen LogP contribution in [0.25, 0.3) is 0 Å². The highest BCUT2D eigenvalue weighted by molar-refractivity contribution is 7.99. The maximum absolute atomic E-state index is 12.7. The fourth-order valence-corrected chi connectivity index (χ4v) is 3.60. The zero-order valence-electron chi connectivity index (χ0n) is 14.5. The van der Waals surface area contributed by atoms with Crippen molar-refractivity contribution in [3.05, 3.63) is 56.0 Å². The lowest BCUT2D eigenvalue weighted by atomic mass is 9.99. The number of aromatic amines is 1. The van der Waals surface area contributed by atoms with Gasteiger partial charge in [-0.3, -0.25) is 9.59 Å². The molecule has 1 aromatic carbocycles. The van der Waals surface area contributed by atoms with E-state index in [9.17, 15) is 18.4 Å². The van der Waals surface area contributed by atoms with Crippen molar-refractivity contribution in [1.29, 1.82) is 5.26 Å². The minimum Gasteiger partial charge on any atom is -0.325 e. The van der Waals surface area contributed by atoms with Gasteiger partial charge in [0.2, 0.25) is 5.91 Å².